The maximum atomic E-state index is 11.6. The van der Waals surface area contributed by atoms with Crippen molar-refractivity contribution < 1.29 is 4.79 Å². The third-order valence-corrected chi connectivity index (χ3v) is 2.99. The van der Waals surface area contributed by atoms with Crippen LogP contribution in [-0.4, -0.2) is 18.4 Å². The van der Waals surface area contributed by atoms with Crippen LogP contribution in [0, 0.1) is 18.3 Å². The number of ketones is 1. The Hall–Kier alpha value is -0.810. The number of rotatable bonds is 4. The van der Waals surface area contributed by atoms with Crippen molar-refractivity contribution in [2.24, 2.45) is 5.92 Å². The van der Waals surface area contributed by atoms with E-state index in [9.17, 15) is 4.79 Å². The molecule has 1 saturated carbocycles. The lowest BCUT2D eigenvalue weighted by Crippen LogP contribution is -2.42. The normalized spacial score (nSPS) is 26.9. The van der Waals surface area contributed by atoms with E-state index >= 15 is 0 Å². The van der Waals surface area contributed by atoms with Crippen LogP contribution < -0.4 is 5.32 Å². The van der Waals surface area contributed by atoms with Crippen LogP contribution in [0.2, 0.25) is 0 Å². The zero-order chi connectivity index (χ0) is 10.4. The van der Waals surface area contributed by atoms with Gasteiger partial charge in [-0.15, -0.1) is 6.42 Å². The van der Waals surface area contributed by atoms with E-state index in [1.165, 1.54) is 12.8 Å². The van der Waals surface area contributed by atoms with Crippen molar-refractivity contribution >= 4 is 5.78 Å². The predicted molar refractivity (Wildman–Crippen MR) is 57.9 cm³/mol. The van der Waals surface area contributed by atoms with Crippen molar-refractivity contribution in [3.05, 3.63) is 0 Å². The molecule has 1 fully saturated rings. The number of Topliss-reactive ketones (excluding diaryl/α,β-unsaturated/α-hetero) is 1. The van der Waals surface area contributed by atoms with Crippen molar-refractivity contribution in [1.82, 2.24) is 5.32 Å². The van der Waals surface area contributed by atoms with Crippen molar-refractivity contribution in [3.8, 4) is 12.3 Å². The predicted octanol–water partition coefficient (Wildman–Crippen LogP) is 1.75. The molecule has 0 amide bonds. The molecule has 0 radical (unpaired) electrons. The van der Waals surface area contributed by atoms with Gasteiger partial charge in [-0.1, -0.05) is 25.7 Å². The molecule has 0 saturated heterocycles. The Morgan fingerprint density at radius 2 is 2.21 bits per heavy atom. The molecule has 1 rings (SSSR count). The average Bonchev–Trinajstić information content (AvgIpc) is 2.25. The molecule has 2 heteroatoms. The van der Waals surface area contributed by atoms with Crippen LogP contribution in [-0.2, 0) is 4.79 Å². The standard InChI is InChI=1S/C12H19NO/c1-3-9-13-11-8-6-5-7-10(11)12(14)4-2/h1,10-11,13H,4-9H2,2H3. The van der Waals surface area contributed by atoms with E-state index in [0.717, 1.165) is 12.8 Å². The highest BCUT2D eigenvalue weighted by Gasteiger charge is 2.28. The van der Waals surface area contributed by atoms with Crippen LogP contribution in [0.25, 0.3) is 0 Å². The number of carbonyl (C=O) groups excluding carboxylic acids is 1. The van der Waals surface area contributed by atoms with Gasteiger partial charge in [-0.3, -0.25) is 4.79 Å². The van der Waals surface area contributed by atoms with E-state index in [1.54, 1.807) is 0 Å². The van der Waals surface area contributed by atoms with Gasteiger partial charge in [0.1, 0.15) is 5.78 Å². The molecule has 1 aliphatic rings. The maximum Gasteiger partial charge on any atom is 0.137 e. The monoisotopic (exact) mass is 193 g/mol. The molecule has 0 aromatic rings. The molecule has 2 atom stereocenters. The number of carbonyl (C=O) groups is 1. The van der Waals surface area contributed by atoms with Crippen LogP contribution in [0.15, 0.2) is 0 Å². The molecule has 0 bridgehead atoms. The molecule has 0 aromatic heterocycles. The van der Waals surface area contributed by atoms with Crippen molar-refractivity contribution in [2.75, 3.05) is 6.54 Å². The zero-order valence-electron chi connectivity index (χ0n) is 8.88. The van der Waals surface area contributed by atoms with E-state index in [-0.39, 0.29) is 5.92 Å². The molecule has 0 aliphatic heterocycles. The van der Waals surface area contributed by atoms with E-state index < -0.39 is 0 Å². The van der Waals surface area contributed by atoms with Gasteiger partial charge in [0.25, 0.3) is 0 Å². The summed E-state index contributed by atoms with van der Waals surface area (Å²) in [7, 11) is 0. The molecular formula is C12H19NO. The lowest BCUT2D eigenvalue weighted by Gasteiger charge is -2.30. The van der Waals surface area contributed by atoms with Gasteiger partial charge in [0.05, 0.1) is 6.54 Å². The first-order valence-electron chi connectivity index (χ1n) is 5.49. The highest BCUT2D eigenvalue weighted by Crippen LogP contribution is 2.25. The van der Waals surface area contributed by atoms with E-state index in [0.29, 0.717) is 24.8 Å². The SMILES string of the molecule is C#CCNC1CCCCC1C(=O)CC. The van der Waals surface area contributed by atoms with E-state index in [1.807, 2.05) is 6.92 Å². The first-order valence-corrected chi connectivity index (χ1v) is 5.49. The van der Waals surface area contributed by atoms with Gasteiger partial charge in [0.2, 0.25) is 0 Å². The lowest BCUT2D eigenvalue weighted by molar-refractivity contribution is -0.124. The van der Waals surface area contributed by atoms with Crippen LogP contribution in [0.5, 0.6) is 0 Å². The topological polar surface area (TPSA) is 29.1 Å². The van der Waals surface area contributed by atoms with Crippen molar-refractivity contribution in [1.29, 1.82) is 0 Å². The Morgan fingerprint density at radius 3 is 2.86 bits per heavy atom. The minimum atomic E-state index is 0.210. The van der Waals surface area contributed by atoms with Gasteiger partial charge < -0.3 is 5.32 Å². The Balaban J connectivity index is 2.50. The van der Waals surface area contributed by atoms with Crippen LogP contribution >= 0.6 is 0 Å². The minimum Gasteiger partial charge on any atom is -0.303 e. The largest absolute Gasteiger partial charge is 0.303 e. The zero-order valence-corrected chi connectivity index (χ0v) is 8.88. The highest BCUT2D eigenvalue weighted by atomic mass is 16.1. The number of terminal acetylenes is 1. The number of nitrogens with one attached hydrogen (secondary N) is 1. The molecule has 14 heavy (non-hydrogen) atoms. The van der Waals surface area contributed by atoms with Crippen molar-refractivity contribution in [2.45, 2.75) is 45.1 Å². The highest BCUT2D eigenvalue weighted by molar-refractivity contribution is 5.81. The van der Waals surface area contributed by atoms with Crippen molar-refractivity contribution in [3.63, 3.8) is 0 Å². The molecule has 2 unspecified atom stereocenters. The molecule has 78 valence electrons. The quantitative estimate of drug-likeness (QED) is 0.689. The van der Waals surface area contributed by atoms with Gasteiger partial charge in [-0.05, 0) is 12.8 Å². The summed E-state index contributed by atoms with van der Waals surface area (Å²) in [4.78, 5) is 11.6. The molecule has 0 aromatic carbocycles. The molecule has 0 spiro atoms. The fraction of sp³-hybridized carbons (Fsp3) is 0.750. The first-order chi connectivity index (χ1) is 6.79. The summed E-state index contributed by atoms with van der Waals surface area (Å²) in [6, 6.07) is 0.326. The van der Waals surface area contributed by atoms with Crippen LogP contribution in [0.3, 0.4) is 0 Å². The summed E-state index contributed by atoms with van der Waals surface area (Å²) in [6.07, 6.45) is 10.4. The fourth-order valence-electron chi connectivity index (χ4n) is 2.21. The maximum absolute atomic E-state index is 11.6. The number of hydrogen-bond donors (Lipinski definition) is 1. The molecular weight excluding hydrogens is 174 g/mol. The Kier molecular flexibility index (Phi) is 4.69. The van der Waals surface area contributed by atoms with E-state index in [2.05, 4.69) is 11.2 Å². The second kappa shape index (κ2) is 5.82. The summed E-state index contributed by atoms with van der Waals surface area (Å²) in [6.45, 7) is 2.52. The fourth-order valence-corrected chi connectivity index (χ4v) is 2.21. The third-order valence-electron chi connectivity index (χ3n) is 2.99. The molecule has 0 heterocycles. The van der Waals surface area contributed by atoms with E-state index in [4.69, 9.17) is 6.42 Å². The van der Waals surface area contributed by atoms with Gasteiger partial charge in [0.15, 0.2) is 0 Å². The summed E-state index contributed by atoms with van der Waals surface area (Å²) in [5.74, 6) is 3.17. The molecule has 1 aliphatic carbocycles. The van der Waals surface area contributed by atoms with Gasteiger partial charge >= 0.3 is 0 Å². The Morgan fingerprint density at radius 1 is 1.50 bits per heavy atom. The minimum absolute atomic E-state index is 0.210. The van der Waals surface area contributed by atoms with Gasteiger partial charge in [-0.25, -0.2) is 0 Å². The van der Waals surface area contributed by atoms with Gasteiger partial charge in [-0.2, -0.15) is 0 Å². The second-order valence-electron chi connectivity index (χ2n) is 3.90. The van der Waals surface area contributed by atoms with Crippen LogP contribution in [0.1, 0.15) is 39.0 Å². The van der Waals surface area contributed by atoms with Gasteiger partial charge in [0, 0.05) is 18.4 Å². The Bertz CT molecular complexity index is 229. The summed E-state index contributed by atoms with van der Waals surface area (Å²) < 4.78 is 0. The average molecular weight is 193 g/mol. The molecule has 1 N–H and O–H groups in total. The third kappa shape index (κ3) is 2.85. The molecule has 2 nitrogen and oxygen atoms in total. The lowest BCUT2D eigenvalue weighted by atomic mass is 9.81. The van der Waals surface area contributed by atoms with Crippen LogP contribution in [0.4, 0.5) is 0 Å². The smallest absolute Gasteiger partial charge is 0.137 e. The Labute approximate surface area is 86.5 Å². The summed E-state index contributed by atoms with van der Waals surface area (Å²) >= 11 is 0. The second-order valence-corrected chi connectivity index (χ2v) is 3.90. The summed E-state index contributed by atoms with van der Waals surface area (Å²) in [5.41, 5.74) is 0. The first kappa shape index (κ1) is 11.3. The summed E-state index contributed by atoms with van der Waals surface area (Å²) in [5, 5.41) is 3.28. The number of hydrogen-bond acceptors (Lipinski definition) is 2.